The summed E-state index contributed by atoms with van der Waals surface area (Å²) in [6, 6.07) is 32.4. The van der Waals surface area contributed by atoms with Gasteiger partial charge in [0.15, 0.2) is 18.0 Å². The molecule has 1 heterocycles. The Morgan fingerprint density at radius 1 is 0.686 bits per heavy atom. The Kier molecular flexibility index (Phi) is 8.47. The number of pyridine rings is 1. The Bertz CT molecular complexity index is 1270. The Balaban J connectivity index is 1.58. The van der Waals surface area contributed by atoms with Crippen molar-refractivity contribution < 1.29 is 14.0 Å². The largest absolute Gasteiger partial charge is 0.485 e. The molecule has 0 fully saturated rings. The Morgan fingerprint density at radius 3 is 1.94 bits per heavy atom. The Labute approximate surface area is 207 Å². The zero-order valence-corrected chi connectivity index (χ0v) is 19.8. The molecule has 0 aliphatic carbocycles. The van der Waals surface area contributed by atoms with Crippen molar-refractivity contribution in [3.63, 3.8) is 0 Å². The molecule has 1 aromatic heterocycles. The van der Waals surface area contributed by atoms with Crippen molar-refractivity contribution in [1.29, 1.82) is 0 Å². The molecule has 0 aliphatic rings. The number of rotatable bonds is 11. The van der Waals surface area contributed by atoms with E-state index in [0.29, 0.717) is 31.3 Å². The highest BCUT2D eigenvalue weighted by molar-refractivity contribution is 5.69. The first-order valence-corrected chi connectivity index (χ1v) is 11.8. The third-order valence-corrected chi connectivity index (χ3v) is 5.61. The lowest BCUT2D eigenvalue weighted by Gasteiger charge is -2.14. The number of hydrogen-bond donors (Lipinski definition) is 1. The van der Waals surface area contributed by atoms with Crippen LogP contribution in [0.2, 0.25) is 0 Å². The molecule has 0 unspecified atom stereocenters. The molecule has 0 saturated heterocycles. The van der Waals surface area contributed by atoms with Crippen molar-refractivity contribution in [2.45, 2.75) is 19.8 Å². The number of ether oxygens (including phenoxy) is 2. The van der Waals surface area contributed by atoms with E-state index in [2.05, 4.69) is 53.6 Å². The van der Waals surface area contributed by atoms with E-state index < -0.39 is 0 Å². The molecular weight excluding hydrogens is 432 g/mol. The van der Waals surface area contributed by atoms with E-state index in [-0.39, 0.29) is 0 Å². The van der Waals surface area contributed by atoms with Crippen LogP contribution < -0.4 is 19.8 Å². The van der Waals surface area contributed by atoms with Gasteiger partial charge in [-0.3, -0.25) is 0 Å². The maximum Gasteiger partial charge on any atom is 0.205 e. The van der Waals surface area contributed by atoms with Crippen molar-refractivity contribution >= 4 is 18.2 Å². The first kappa shape index (κ1) is 24.0. The molecule has 176 valence electrons. The lowest BCUT2D eigenvalue weighted by molar-refractivity contribution is -0.697. The van der Waals surface area contributed by atoms with Gasteiger partial charge in [-0.05, 0) is 41.0 Å². The number of benzene rings is 3. The van der Waals surface area contributed by atoms with Crippen LogP contribution in [-0.4, -0.2) is 6.54 Å². The molecule has 0 aliphatic heterocycles. The molecule has 0 saturated carbocycles. The first-order valence-electron chi connectivity index (χ1n) is 11.8. The number of nitrogens with two attached hydrogens (primary N) is 1. The van der Waals surface area contributed by atoms with Gasteiger partial charge in [0.05, 0.1) is 6.54 Å². The van der Waals surface area contributed by atoms with E-state index in [1.165, 1.54) is 0 Å². The van der Waals surface area contributed by atoms with Crippen molar-refractivity contribution in [1.82, 2.24) is 0 Å². The van der Waals surface area contributed by atoms with Crippen LogP contribution in [0.15, 0.2) is 104 Å². The SMILES string of the molecule is C=Cc1cccc(/C=C/c2ccc(OCc3ccccc3)c(OCc3ccccc3)c2)[n+]1CCN. The Hall–Kier alpha value is -4.15. The van der Waals surface area contributed by atoms with Gasteiger partial charge >= 0.3 is 0 Å². The molecule has 35 heavy (non-hydrogen) atoms. The van der Waals surface area contributed by atoms with Crippen LogP contribution in [0.4, 0.5) is 0 Å². The van der Waals surface area contributed by atoms with Gasteiger partial charge < -0.3 is 15.2 Å². The Morgan fingerprint density at radius 2 is 1.31 bits per heavy atom. The number of aromatic nitrogens is 1. The summed E-state index contributed by atoms with van der Waals surface area (Å²) >= 11 is 0. The van der Waals surface area contributed by atoms with E-state index >= 15 is 0 Å². The maximum atomic E-state index is 6.21. The van der Waals surface area contributed by atoms with Crippen molar-refractivity contribution in [2.75, 3.05) is 6.54 Å². The zero-order valence-electron chi connectivity index (χ0n) is 19.8. The summed E-state index contributed by atoms with van der Waals surface area (Å²) in [6.45, 7) is 6.14. The lowest BCUT2D eigenvalue weighted by Crippen LogP contribution is -2.43. The fourth-order valence-electron chi connectivity index (χ4n) is 3.80. The second-order valence-electron chi connectivity index (χ2n) is 8.11. The van der Waals surface area contributed by atoms with Gasteiger partial charge in [-0.1, -0.05) is 73.3 Å². The molecule has 0 atom stereocenters. The second kappa shape index (κ2) is 12.4. The van der Waals surface area contributed by atoms with Gasteiger partial charge in [0.1, 0.15) is 13.2 Å². The smallest absolute Gasteiger partial charge is 0.205 e. The fourth-order valence-corrected chi connectivity index (χ4v) is 3.80. The molecule has 0 bridgehead atoms. The van der Waals surface area contributed by atoms with Crippen LogP contribution in [-0.2, 0) is 19.8 Å². The molecule has 0 spiro atoms. The lowest BCUT2D eigenvalue weighted by atomic mass is 10.1. The van der Waals surface area contributed by atoms with E-state index in [9.17, 15) is 0 Å². The predicted octanol–water partition coefficient (Wildman–Crippen LogP) is 5.90. The summed E-state index contributed by atoms with van der Waals surface area (Å²) in [5.41, 5.74) is 11.2. The van der Waals surface area contributed by atoms with Crippen molar-refractivity contribution in [3.8, 4) is 11.5 Å². The molecule has 0 radical (unpaired) electrons. The second-order valence-corrected chi connectivity index (χ2v) is 8.11. The third kappa shape index (κ3) is 6.69. The zero-order chi connectivity index (χ0) is 24.3. The molecule has 4 aromatic rings. The highest BCUT2D eigenvalue weighted by atomic mass is 16.5. The summed E-state index contributed by atoms with van der Waals surface area (Å²) < 4.78 is 14.5. The normalized spacial score (nSPS) is 10.9. The summed E-state index contributed by atoms with van der Waals surface area (Å²) in [5.74, 6) is 1.43. The van der Waals surface area contributed by atoms with E-state index in [1.807, 2.05) is 72.8 Å². The summed E-state index contributed by atoms with van der Waals surface area (Å²) in [4.78, 5) is 0. The minimum Gasteiger partial charge on any atom is -0.485 e. The molecule has 0 amide bonds. The standard InChI is InChI=1S/C31H31N2O2/c1-2-28-14-9-15-29(33(28)21-20-32)18-16-25-17-19-30(34-23-26-10-5-3-6-11-26)31(22-25)35-24-27-12-7-4-8-13-27/h2-19,22H,1,20-21,23-24,32H2/q+1/b18-16+. The van der Waals surface area contributed by atoms with Crippen molar-refractivity contribution in [2.24, 2.45) is 5.73 Å². The van der Waals surface area contributed by atoms with Gasteiger partial charge in [-0.2, -0.15) is 4.57 Å². The maximum absolute atomic E-state index is 6.21. The minimum absolute atomic E-state index is 0.466. The first-order chi connectivity index (χ1) is 17.3. The van der Waals surface area contributed by atoms with Crippen LogP contribution >= 0.6 is 0 Å². The van der Waals surface area contributed by atoms with Crippen LogP contribution in [0.25, 0.3) is 18.2 Å². The molecular formula is C31H31N2O2+. The van der Waals surface area contributed by atoms with E-state index in [0.717, 1.165) is 34.6 Å². The van der Waals surface area contributed by atoms with Crippen molar-refractivity contribution in [3.05, 3.63) is 132 Å². The van der Waals surface area contributed by atoms with Crippen LogP contribution in [0.3, 0.4) is 0 Å². The van der Waals surface area contributed by atoms with Crippen LogP contribution in [0, 0.1) is 0 Å². The molecule has 3 aromatic carbocycles. The van der Waals surface area contributed by atoms with E-state index in [4.69, 9.17) is 15.2 Å². The fraction of sp³-hybridized carbons (Fsp3) is 0.129. The monoisotopic (exact) mass is 463 g/mol. The molecule has 4 nitrogen and oxygen atoms in total. The van der Waals surface area contributed by atoms with Gasteiger partial charge in [0, 0.05) is 24.3 Å². The van der Waals surface area contributed by atoms with Gasteiger partial charge in [-0.15, -0.1) is 0 Å². The molecule has 2 N–H and O–H groups in total. The molecule has 4 rings (SSSR count). The quantitative estimate of drug-likeness (QED) is 0.282. The van der Waals surface area contributed by atoms with Crippen LogP contribution in [0.1, 0.15) is 28.1 Å². The third-order valence-electron chi connectivity index (χ3n) is 5.61. The average molecular weight is 464 g/mol. The highest BCUT2D eigenvalue weighted by Crippen LogP contribution is 2.31. The predicted molar refractivity (Wildman–Crippen MR) is 143 cm³/mol. The van der Waals surface area contributed by atoms with Gasteiger partial charge in [-0.25, -0.2) is 0 Å². The topological polar surface area (TPSA) is 48.4 Å². The highest BCUT2D eigenvalue weighted by Gasteiger charge is 2.12. The number of hydrogen-bond acceptors (Lipinski definition) is 3. The van der Waals surface area contributed by atoms with Crippen LogP contribution in [0.5, 0.6) is 11.5 Å². The average Bonchev–Trinajstić information content (AvgIpc) is 2.92. The number of nitrogens with zero attached hydrogens (tertiary/aromatic N) is 1. The summed E-state index contributed by atoms with van der Waals surface area (Å²) in [6.07, 6.45) is 6.01. The summed E-state index contributed by atoms with van der Waals surface area (Å²) in [7, 11) is 0. The minimum atomic E-state index is 0.466. The van der Waals surface area contributed by atoms with Gasteiger partial charge in [0.25, 0.3) is 0 Å². The van der Waals surface area contributed by atoms with Gasteiger partial charge in [0.2, 0.25) is 11.4 Å². The summed E-state index contributed by atoms with van der Waals surface area (Å²) in [5, 5.41) is 0. The molecule has 4 heteroatoms. The van der Waals surface area contributed by atoms with E-state index in [1.54, 1.807) is 0 Å².